The second-order valence-corrected chi connectivity index (χ2v) is 9.51. The van der Waals surface area contributed by atoms with E-state index >= 15 is 0 Å². The van der Waals surface area contributed by atoms with Crippen molar-refractivity contribution >= 4 is 11.8 Å². The Morgan fingerprint density at radius 3 is 2.31 bits per heavy atom. The molecule has 4 aliphatic carbocycles. The molecule has 6 rings (SSSR count). The van der Waals surface area contributed by atoms with Gasteiger partial charge in [-0.1, -0.05) is 30.3 Å². The molecule has 0 radical (unpaired) electrons. The summed E-state index contributed by atoms with van der Waals surface area (Å²) in [6.07, 6.45) is 11.4. The molecule has 0 unspecified atom stereocenters. The summed E-state index contributed by atoms with van der Waals surface area (Å²) < 4.78 is 1.72. The van der Waals surface area contributed by atoms with E-state index in [1.807, 2.05) is 30.3 Å². The van der Waals surface area contributed by atoms with E-state index in [4.69, 9.17) is 0 Å². The van der Waals surface area contributed by atoms with Gasteiger partial charge in [-0.25, -0.2) is 0 Å². The van der Waals surface area contributed by atoms with Crippen LogP contribution in [-0.2, 0) is 11.3 Å². The van der Waals surface area contributed by atoms with Crippen molar-refractivity contribution in [1.29, 1.82) is 0 Å². The van der Waals surface area contributed by atoms with Gasteiger partial charge in [-0.3, -0.25) is 25.1 Å². The third-order valence-corrected chi connectivity index (χ3v) is 7.10. The highest BCUT2D eigenvalue weighted by Crippen LogP contribution is 2.61. The second kappa shape index (κ2) is 7.32. The first-order valence-corrected chi connectivity index (χ1v) is 10.7. The molecule has 0 saturated heterocycles. The number of rotatable bonds is 5. The Kier molecular flexibility index (Phi) is 4.64. The first kappa shape index (κ1) is 18.4. The van der Waals surface area contributed by atoms with E-state index in [0.717, 1.165) is 23.3 Å². The van der Waals surface area contributed by atoms with Crippen molar-refractivity contribution in [2.45, 2.75) is 51.5 Å². The molecule has 0 atom stereocenters. The average molecular weight is 393 g/mol. The highest BCUT2D eigenvalue weighted by Gasteiger charge is 2.51. The Labute approximate surface area is 171 Å². The van der Waals surface area contributed by atoms with Crippen LogP contribution in [0.1, 0.15) is 60.9 Å². The second-order valence-electron chi connectivity index (χ2n) is 9.51. The van der Waals surface area contributed by atoms with E-state index in [9.17, 15) is 9.59 Å². The lowest BCUT2D eigenvalue weighted by atomic mass is 9.49. The van der Waals surface area contributed by atoms with Crippen LogP contribution in [0.2, 0.25) is 0 Å². The van der Waals surface area contributed by atoms with Crippen LogP contribution in [0.15, 0.2) is 42.7 Å². The Balaban J connectivity index is 1.14. The SMILES string of the molecule is O=C(CC12CC3CC(CC(C3)C1)C2)NNC(=O)c1cnn(Cc2ccccc2)c1. The molecule has 4 fully saturated rings. The first-order valence-electron chi connectivity index (χ1n) is 10.7. The molecule has 2 amide bonds. The fraction of sp³-hybridized carbons (Fsp3) is 0.522. The minimum absolute atomic E-state index is 0.0722. The molecule has 0 spiro atoms. The third-order valence-electron chi connectivity index (χ3n) is 7.10. The molecular formula is C23H28N4O2. The molecule has 0 aliphatic heterocycles. The summed E-state index contributed by atoms with van der Waals surface area (Å²) in [4.78, 5) is 25.0. The number of amides is 2. The third kappa shape index (κ3) is 3.93. The standard InChI is InChI=1S/C23H28N4O2/c28-21(12-23-9-17-6-18(10-23)8-19(7-17)11-23)25-26-22(29)20-13-24-27(15-20)14-16-4-2-1-3-5-16/h1-5,13,15,17-19H,6-12,14H2,(H,25,28)(H,26,29). The molecule has 1 aromatic carbocycles. The number of hydrogen-bond donors (Lipinski definition) is 2. The quantitative estimate of drug-likeness (QED) is 0.767. The van der Waals surface area contributed by atoms with Crippen molar-refractivity contribution in [2.24, 2.45) is 23.2 Å². The molecular weight excluding hydrogens is 364 g/mol. The zero-order valence-electron chi connectivity index (χ0n) is 16.6. The predicted molar refractivity (Wildman–Crippen MR) is 109 cm³/mol. The molecule has 1 aromatic heterocycles. The summed E-state index contributed by atoms with van der Waals surface area (Å²) in [5.74, 6) is 2.05. The topological polar surface area (TPSA) is 76.0 Å². The number of nitrogens with one attached hydrogen (secondary N) is 2. The van der Waals surface area contributed by atoms with Gasteiger partial charge in [0.25, 0.3) is 5.91 Å². The van der Waals surface area contributed by atoms with Gasteiger partial charge in [0, 0.05) is 12.6 Å². The van der Waals surface area contributed by atoms with Gasteiger partial charge < -0.3 is 0 Å². The van der Waals surface area contributed by atoms with Crippen LogP contribution in [0.5, 0.6) is 0 Å². The summed E-state index contributed by atoms with van der Waals surface area (Å²) >= 11 is 0. The minimum Gasteiger partial charge on any atom is -0.273 e. The Bertz CT molecular complexity index is 869. The molecule has 2 N–H and O–H groups in total. The van der Waals surface area contributed by atoms with Crippen molar-refractivity contribution in [3.8, 4) is 0 Å². The van der Waals surface area contributed by atoms with Crippen molar-refractivity contribution in [3.63, 3.8) is 0 Å². The van der Waals surface area contributed by atoms with Crippen LogP contribution in [0.25, 0.3) is 0 Å². The Morgan fingerprint density at radius 1 is 1.00 bits per heavy atom. The lowest BCUT2D eigenvalue weighted by Gasteiger charge is -2.56. The molecule has 2 aromatic rings. The van der Waals surface area contributed by atoms with Gasteiger partial charge >= 0.3 is 0 Å². The van der Waals surface area contributed by atoms with Crippen molar-refractivity contribution < 1.29 is 9.59 Å². The van der Waals surface area contributed by atoms with Crippen LogP contribution < -0.4 is 10.9 Å². The van der Waals surface area contributed by atoms with Gasteiger partial charge in [-0.2, -0.15) is 5.10 Å². The number of hydrogen-bond acceptors (Lipinski definition) is 3. The van der Waals surface area contributed by atoms with E-state index in [0.29, 0.717) is 18.5 Å². The predicted octanol–water partition coefficient (Wildman–Crippen LogP) is 3.30. The van der Waals surface area contributed by atoms with E-state index in [1.54, 1.807) is 10.9 Å². The highest BCUT2D eigenvalue weighted by molar-refractivity contribution is 5.94. The maximum absolute atomic E-state index is 12.6. The van der Waals surface area contributed by atoms with Gasteiger partial charge in [-0.05, 0) is 67.3 Å². The monoisotopic (exact) mass is 392 g/mol. The summed E-state index contributed by atoms with van der Waals surface area (Å²) in [7, 11) is 0. The molecule has 4 saturated carbocycles. The van der Waals surface area contributed by atoms with Crippen LogP contribution in [0.4, 0.5) is 0 Å². The van der Waals surface area contributed by atoms with E-state index in [-0.39, 0.29) is 17.2 Å². The Morgan fingerprint density at radius 2 is 1.66 bits per heavy atom. The van der Waals surface area contributed by atoms with E-state index < -0.39 is 0 Å². The molecule has 29 heavy (non-hydrogen) atoms. The number of nitrogens with zero attached hydrogens (tertiary/aromatic N) is 2. The Hall–Kier alpha value is -2.63. The average Bonchev–Trinajstić information content (AvgIpc) is 3.14. The van der Waals surface area contributed by atoms with E-state index in [1.165, 1.54) is 44.7 Å². The summed E-state index contributed by atoms with van der Waals surface area (Å²) in [6, 6.07) is 9.97. The normalized spacial score (nSPS) is 29.6. The number of benzene rings is 1. The van der Waals surface area contributed by atoms with Crippen molar-refractivity contribution in [1.82, 2.24) is 20.6 Å². The summed E-state index contributed by atoms with van der Waals surface area (Å²) in [5, 5.41) is 4.25. The van der Waals surface area contributed by atoms with Gasteiger partial charge in [0.1, 0.15) is 0 Å². The molecule has 4 bridgehead atoms. The molecule has 4 aliphatic rings. The fourth-order valence-corrected chi connectivity index (χ4v) is 6.43. The van der Waals surface area contributed by atoms with Gasteiger partial charge in [0.15, 0.2) is 0 Å². The largest absolute Gasteiger partial charge is 0.273 e. The maximum Gasteiger partial charge on any atom is 0.272 e. The maximum atomic E-state index is 12.6. The summed E-state index contributed by atoms with van der Waals surface area (Å²) in [6.45, 7) is 0.604. The molecule has 6 nitrogen and oxygen atoms in total. The zero-order chi connectivity index (χ0) is 19.8. The highest BCUT2D eigenvalue weighted by atomic mass is 16.2. The number of hydrazine groups is 1. The zero-order valence-corrected chi connectivity index (χ0v) is 16.6. The van der Waals surface area contributed by atoms with Crippen LogP contribution in [-0.4, -0.2) is 21.6 Å². The summed E-state index contributed by atoms with van der Waals surface area (Å²) in [5.41, 5.74) is 6.93. The first-order chi connectivity index (χ1) is 14.1. The molecule has 1 heterocycles. The van der Waals surface area contributed by atoms with Crippen molar-refractivity contribution in [3.05, 3.63) is 53.9 Å². The van der Waals surface area contributed by atoms with Crippen LogP contribution >= 0.6 is 0 Å². The van der Waals surface area contributed by atoms with E-state index in [2.05, 4.69) is 16.0 Å². The smallest absolute Gasteiger partial charge is 0.272 e. The minimum atomic E-state index is -0.330. The van der Waals surface area contributed by atoms with Gasteiger partial charge in [0.2, 0.25) is 5.91 Å². The number of carbonyl (C=O) groups excluding carboxylic acids is 2. The lowest BCUT2D eigenvalue weighted by Crippen LogP contribution is -2.50. The van der Waals surface area contributed by atoms with Gasteiger partial charge in [-0.15, -0.1) is 0 Å². The molecule has 152 valence electrons. The van der Waals surface area contributed by atoms with Gasteiger partial charge in [0.05, 0.1) is 18.3 Å². The number of carbonyl (C=O) groups is 2. The number of aromatic nitrogens is 2. The van der Waals surface area contributed by atoms with Crippen LogP contribution in [0.3, 0.4) is 0 Å². The molecule has 6 heteroatoms. The van der Waals surface area contributed by atoms with Crippen LogP contribution in [0, 0.1) is 23.2 Å². The fourth-order valence-electron chi connectivity index (χ4n) is 6.43. The lowest BCUT2D eigenvalue weighted by molar-refractivity contribution is -0.130. The van der Waals surface area contributed by atoms with Crippen molar-refractivity contribution in [2.75, 3.05) is 0 Å².